The molecular weight excluding hydrogens is 343 g/mol. The summed E-state index contributed by atoms with van der Waals surface area (Å²) in [5.41, 5.74) is 1.41. The van der Waals surface area contributed by atoms with Crippen molar-refractivity contribution in [3.8, 4) is 0 Å². The Hall–Kier alpha value is -2.96. The van der Waals surface area contributed by atoms with E-state index in [9.17, 15) is 18.0 Å². The quantitative estimate of drug-likeness (QED) is 0.756. The zero-order chi connectivity index (χ0) is 18.3. The van der Waals surface area contributed by atoms with Crippen LogP contribution in [0.25, 0.3) is 11.0 Å². The fourth-order valence-electron chi connectivity index (χ4n) is 3.18. The number of anilines is 1. The van der Waals surface area contributed by atoms with Gasteiger partial charge in [-0.1, -0.05) is 18.2 Å². The molecule has 1 N–H and O–H groups in total. The van der Waals surface area contributed by atoms with Crippen LogP contribution in [0.3, 0.4) is 0 Å². The van der Waals surface area contributed by atoms with Crippen LogP contribution in [0.4, 0.5) is 18.9 Å². The second kappa shape index (κ2) is 6.09. The van der Waals surface area contributed by atoms with Gasteiger partial charge in [-0.15, -0.1) is 0 Å². The minimum absolute atomic E-state index is 0.185. The number of halogens is 3. The first-order valence-corrected chi connectivity index (χ1v) is 8.11. The smallest absolute Gasteiger partial charge is 0.326 e. The molecule has 1 aliphatic carbocycles. The van der Waals surface area contributed by atoms with Crippen molar-refractivity contribution in [2.75, 3.05) is 5.32 Å². The molecule has 2 unspecified atom stereocenters. The summed E-state index contributed by atoms with van der Waals surface area (Å²) in [6, 6.07) is 10.6. The van der Waals surface area contributed by atoms with Crippen LogP contribution < -0.4 is 5.32 Å². The molecule has 4 nitrogen and oxygen atoms in total. The summed E-state index contributed by atoms with van der Waals surface area (Å²) in [5, 5.41) is 2.77. The highest BCUT2D eigenvalue weighted by atomic mass is 19.4. The molecule has 2 aromatic carbocycles. The normalized spacial score (nSPS) is 19.3. The van der Waals surface area contributed by atoms with E-state index in [1.807, 2.05) is 0 Å². The van der Waals surface area contributed by atoms with E-state index in [4.69, 9.17) is 0 Å². The fraction of sp³-hybridized carbons (Fsp3) is 0.211. The van der Waals surface area contributed by atoms with Gasteiger partial charge in [0.25, 0.3) is 0 Å². The Bertz CT molecular complexity index is 987. The van der Waals surface area contributed by atoms with Gasteiger partial charge in [0.2, 0.25) is 5.91 Å². The first-order chi connectivity index (χ1) is 12.4. The highest BCUT2D eigenvalue weighted by Crippen LogP contribution is 2.51. The van der Waals surface area contributed by atoms with Gasteiger partial charge in [0.05, 0.1) is 16.6 Å². The third-order valence-electron chi connectivity index (χ3n) is 4.53. The summed E-state index contributed by atoms with van der Waals surface area (Å²) in [7, 11) is 0. The van der Waals surface area contributed by atoms with Gasteiger partial charge in [-0.2, -0.15) is 13.2 Å². The van der Waals surface area contributed by atoms with Crippen LogP contribution in [0.15, 0.2) is 54.9 Å². The van der Waals surface area contributed by atoms with E-state index in [0.29, 0.717) is 23.1 Å². The second-order valence-corrected chi connectivity index (χ2v) is 6.28. The highest BCUT2D eigenvalue weighted by molar-refractivity contribution is 5.96. The Labute approximate surface area is 147 Å². The molecular formula is C19H14F3N3O. The van der Waals surface area contributed by atoms with E-state index in [2.05, 4.69) is 15.3 Å². The van der Waals surface area contributed by atoms with Crippen molar-refractivity contribution >= 4 is 22.6 Å². The molecule has 3 aromatic rings. The van der Waals surface area contributed by atoms with Crippen molar-refractivity contribution in [3.63, 3.8) is 0 Å². The molecule has 1 amide bonds. The first kappa shape index (κ1) is 16.5. The van der Waals surface area contributed by atoms with Gasteiger partial charge in [0.15, 0.2) is 0 Å². The summed E-state index contributed by atoms with van der Waals surface area (Å²) in [5.74, 6) is -1.15. The number of carbonyl (C=O) groups is 1. The summed E-state index contributed by atoms with van der Waals surface area (Å²) >= 11 is 0. The molecule has 1 saturated carbocycles. The third kappa shape index (κ3) is 3.12. The van der Waals surface area contributed by atoms with Gasteiger partial charge in [0, 0.05) is 24.0 Å². The van der Waals surface area contributed by atoms with Crippen molar-refractivity contribution in [2.45, 2.75) is 18.5 Å². The number of hydrogen-bond donors (Lipinski definition) is 1. The van der Waals surface area contributed by atoms with Crippen LogP contribution in [0, 0.1) is 5.92 Å². The number of rotatable bonds is 3. The average Bonchev–Trinajstić information content (AvgIpc) is 3.42. The maximum absolute atomic E-state index is 13.1. The van der Waals surface area contributed by atoms with Crippen molar-refractivity contribution in [1.82, 2.24) is 9.97 Å². The van der Waals surface area contributed by atoms with E-state index >= 15 is 0 Å². The van der Waals surface area contributed by atoms with Crippen LogP contribution in [0.2, 0.25) is 0 Å². The molecule has 4 rings (SSSR count). The van der Waals surface area contributed by atoms with Crippen molar-refractivity contribution < 1.29 is 18.0 Å². The molecule has 26 heavy (non-hydrogen) atoms. The van der Waals surface area contributed by atoms with Crippen LogP contribution >= 0.6 is 0 Å². The summed E-state index contributed by atoms with van der Waals surface area (Å²) in [6.07, 6.45) is -0.879. The molecule has 0 radical (unpaired) electrons. The topological polar surface area (TPSA) is 54.9 Å². The summed E-state index contributed by atoms with van der Waals surface area (Å²) < 4.78 is 39.4. The van der Waals surface area contributed by atoms with Gasteiger partial charge < -0.3 is 5.32 Å². The lowest BCUT2D eigenvalue weighted by Crippen LogP contribution is -2.15. The van der Waals surface area contributed by atoms with Crippen LogP contribution in [0.5, 0.6) is 0 Å². The van der Waals surface area contributed by atoms with Crippen LogP contribution in [-0.4, -0.2) is 15.9 Å². The lowest BCUT2D eigenvalue weighted by atomic mass is 10.0. The number of aromatic nitrogens is 2. The molecule has 132 valence electrons. The van der Waals surface area contributed by atoms with Gasteiger partial charge >= 0.3 is 6.18 Å². The number of alkyl halides is 3. The fourth-order valence-corrected chi connectivity index (χ4v) is 3.18. The second-order valence-electron chi connectivity index (χ2n) is 6.28. The number of nitrogens with one attached hydrogen (secondary N) is 1. The maximum atomic E-state index is 13.1. The van der Waals surface area contributed by atoms with E-state index in [1.165, 1.54) is 12.1 Å². The minimum Gasteiger partial charge on any atom is -0.326 e. The monoisotopic (exact) mass is 357 g/mol. The third-order valence-corrected chi connectivity index (χ3v) is 4.53. The zero-order valence-corrected chi connectivity index (χ0v) is 13.5. The Kier molecular flexibility index (Phi) is 3.86. The Morgan fingerprint density at radius 3 is 2.54 bits per heavy atom. The van der Waals surface area contributed by atoms with E-state index in [-0.39, 0.29) is 11.5 Å². The van der Waals surface area contributed by atoms with Gasteiger partial charge in [-0.25, -0.2) is 0 Å². The van der Waals surface area contributed by atoms with Crippen molar-refractivity contribution in [2.24, 2.45) is 5.92 Å². The number of fused-ring (bicyclic) bond motifs is 1. The maximum Gasteiger partial charge on any atom is 0.416 e. The lowest BCUT2D eigenvalue weighted by molar-refractivity contribution is -0.138. The average molecular weight is 357 g/mol. The first-order valence-electron chi connectivity index (χ1n) is 8.11. The Morgan fingerprint density at radius 1 is 1.04 bits per heavy atom. The number of hydrogen-bond acceptors (Lipinski definition) is 3. The zero-order valence-electron chi connectivity index (χ0n) is 13.5. The predicted molar refractivity (Wildman–Crippen MR) is 90.5 cm³/mol. The van der Waals surface area contributed by atoms with Crippen LogP contribution in [-0.2, 0) is 11.0 Å². The number of carbonyl (C=O) groups excluding carboxylic acids is 1. The molecule has 0 bridgehead atoms. The van der Waals surface area contributed by atoms with E-state index < -0.39 is 23.6 Å². The van der Waals surface area contributed by atoms with Crippen molar-refractivity contribution in [3.05, 3.63) is 66.0 Å². The number of amides is 1. The predicted octanol–water partition coefficient (Wildman–Crippen LogP) is 4.39. The van der Waals surface area contributed by atoms with E-state index in [0.717, 1.165) is 6.07 Å². The van der Waals surface area contributed by atoms with E-state index in [1.54, 1.807) is 36.7 Å². The molecule has 0 saturated heterocycles. The molecule has 1 heterocycles. The largest absolute Gasteiger partial charge is 0.416 e. The van der Waals surface area contributed by atoms with Gasteiger partial charge in [0.1, 0.15) is 0 Å². The molecule has 7 heteroatoms. The molecule has 1 aromatic heterocycles. The standard InChI is InChI=1S/C19H14F3N3O/c20-19(21,22)15-4-2-1-3-12(15)13-10-14(13)18(26)25-11-5-6-16-17(9-11)24-8-7-23-16/h1-9,13-14H,10H2,(H,25,26). The molecule has 1 fully saturated rings. The molecule has 1 aliphatic rings. The van der Waals surface area contributed by atoms with Crippen LogP contribution in [0.1, 0.15) is 23.5 Å². The molecule has 0 aliphatic heterocycles. The molecule has 2 atom stereocenters. The van der Waals surface area contributed by atoms with Crippen molar-refractivity contribution in [1.29, 1.82) is 0 Å². The number of benzene rings is 2. The lowest BCUT2D eigenvalue weighted by Gasteiger charge is -2.12. The minimum atomic E-state index is -4.42. The van der Waals surface area contributed by atoms with Gasteiger partial charge in [-0.05, 0) is 42.2 Å². The Balaban J connectivity index is 1.51. The number of nitrogens with zero attached hydrogens (tertiary/aromatic N) is 2. The SMILES string of the molecule is O=C(Nc1ccc2nccnc2c1)C1CC1c1ccccc1C(F)(F)F. The summed E-state index contributed by atoms with van der Waals surface area (Å²) in [4.78, 5) is 20.8. The summed E-state index contributed by atoms with van der Waals surface area (Å²) in [6.45, 7) is 0. The van der Waals surface area contributed by atoms with Gasteiger partial charge in [-0.3, -0.25) is 14.8 Å². The molecule has 0 spiro atoms. The highest BCUT2D eigenvalue weighted by Gasteiger charge is 2.47. The Morgan fingerprint density at radius 2 is 1.77 bits per heavy atom.